The number of hydrogen-bond donors (Lipinski definition) is 1. The molecule has 5 nitrogen and oxygen atoms in total. The second-order valence-corrected chi connectivity index (χ2v) is 4.70. The number of benzene rings is 2. The molecule has 5 heteroatoms. The van der Waals surface area contributed by atoms with Gasteiger partial charge in [0.15, 0.2) is 5.75 Å². The first kappa shape index (κ1) is 14.0. The number of furan rings is 1. The summed E-state index contributed by atoms with van der Waals surface area (Å²) in [5.74, 6) is -0.556. The van der Waals surface area contributed by atoms with Gasteiger partial charge >= 0.3 is 5.97 Å². The van der Waals surface area contributed by atoms with Crippen molar-refractivity contribution in [2.45, 2.75) is 6.61 Å². The number of hydrogen-bond acceptors (Lipinski definition) is 4. The van der Waals surface area contributed by atoms with Crippen LogP contribution < -0.4 is 9.47 Å². The highest BCUT2D eigenvalue weighted by molar-refractivity contribution is 5.98. The van der Waals surface area contributed by atoms with E-state index in [2.05, 4.69) is 0 Å². The Morgan fingerprint density at radius 2 is 1.95 bits per heavy atom. The molecule has 0 fully saturated rings. The molecule has 0 bridgehead atoms. The molecule has 1 aromatic heterocycles. The van der Waals surface area contributed by atoms with Crippen molar-refractivity contribution in [1.29, 1.82) is 0 Å². The molecule has 22 heavy (non-hydrogen) atoms. The van der Waals surface area contributed by atoms with Gasteiger partial charge in [-0.05, 0) is 17.7 Å². The van der Waals surface area contributed by atoms with E-state index in [1.165, 1.54) is 7.11 Å². The SMILES string of the molecule is COc1ccc2c(OCc3ccccc3)c(C(=O)O)oc2c1. The minimum Gasteiger partial charge on any atom is -0.497 e. The minimum atomic E-state index is -1.17. The average molecular weight is 298 g/mol. The van der Waals surface area contributed by atoms with Crippen LogP contribution >= 0.6 is 0 Å². The van der Waals surface area contributed by atoms with E-state index in [1.54, 1.807) is 18.2 Å². The third kappa shape index (κ3) is 2.61. The standard InChI is InChI=1S/C17H14O5/c1-20-12-7-8-13-14(9-12)22-16(17(18)19)15(13)21-10-11-5-3-2-4-6-11/h2-9H,10H2,1H3,(H,18,19). The van der Waals surface area contributed by atoms with Crippen molar-refractivity contribution in [3.63, 3.8) is 0 Å². The van der Waals surface area contributed by atoms with Gasteiger partial charge in [-0.25, -0.2) is 4.79 Å². The van der Waals surface area contributed by atoms with Crippen molar-refractivity contribution >= 4 is 16.9 Å². The number of rotatable bonds is 5. The number of fused-ring (bicyclic) bond motifs is 1. The molecular weight excluding hydrogens is 284 g/mol. The first-order chi connectivity index (χ1) is 10.7. The van der Waals surface area contributed by atoms with E-state index in [-0.39, 0.29) is 18.1 Å². The van der Waals surface area contributed by atoms with Crippen LogP contribution in [0.3, 0.4) is 0 Å². The monoisotopic (exact) mass is 298 g/mol. The quantitative estimate of drug-likeness (QED) is 0.777. The van der Waals surface area contributed by atoms with Crippen LogP contribution in [0, 0.1) is 0 Å². The number of carbonyl (C=O) groups is 1. The average Bonchev–Trinajstić information content (AvgIpc) is 2.91. The molecule has 1 N–H and O–H groups in total. The van der Waals surface area contributed by atoms with E-state index in [0.29, 0.717) is 16.7 Å². The summed E-state index contributed by atoms with van der Waals surface area (Å²) in [6, 6.07) is 14.6. The summed E-state index contributed by atoms with van der Waals surface area (Å²) in [5.41, 5.74) is 1.36. The van der Waals surface area contributed by atoms with E-state index >= 15 is 0 Å². The third-order valence-electron chi connectivity index (χ3n) is 3.27. The molecule has 0 aliphatic rings. The first-order valence-electron chi connectivity index (χ1n) is 6.69. The topological polar surface area (TPSA) is 68.9 Å². The van der Waals surface area contributed by atoms with Gasteiger partial charge in [0.1, 0.15) is 17.9 Å². The molecule has 3 rings (SSSR count). The lowest BCUT2D eigenvalue weighted by molar-refractivity contribution is 0.0658. The summed E-state index contributed by atoms with van der Waals surface area (Å²) in [7, 11) is 1.54. The Morgan fingerprint density at radius 1 is 1.18 bits per heavy atom. The predicted octanol–water partition coefficient (Wildman–Crippen LogP) is 3.72. The second-order valence-electron chi connectivity index (χ2n) is 4.70. The van der Waals surface area contributed by atoms with Crippen molar-refractivity contribution < 1.29 is 23.8 Å². The molecule has 0 saturated carbocycles. The molecule has 112 valence electrons. The van der Waals surface area contributed by atoms with Gasteiger partial charge in [-0.3, -0.25) is 0 Å². The van der Waals surface area contributed by atoms with Crippen LogP contribution in [0.2, 0.25) is 0 Å². The molecule has 0 spiro atoms. The molecule has 0 radical (unpaired) electrons. The van der Waals surface area contributed by atoms with Gasteiger partial charge < -0.3 is 19.0 Å². The zero-order valence-electron chi connectivity index (χ0n) is 11.9. The summed E-state index contributed by atoms with van der Waals surface area (Å²) in [5, 5.41) is 9.89. The maximum absolute atomic E-state index is 11.4. The molecule has 0 aliphatic heterocycles. The molecule has 0 atom stereocenters. The zero-order valence-corrected chi connectivity index (χ0v) is 11.9. The Balaban J connectivity index is 1.99. The van der Waals surface area contributed by atoms with Crippen molar-refractivity contribution in [3.8, 4) is 11.5 Å². The molecule has 3 aromatic rings. The van der Waals surface area contributed by atoms with Crippen molar-refractivity contribution in [2.75, 3.05) is 7.11 Å². The summed E-state index contributed by atoms with van der Waals surface area (Å²) < 4.78 is 16.2. The van der Waals surface area contributed by atoms with Gasteiger partial charge in [0, 0.05) is 6.07 Å². The summed E-state index contributed by atoms with van der Waals surface area (Å²) in [6.07, 6.45) is 0. The highest BCUT2D eigenvalue weighted by Gasteiger charge is 2.22. The maximum atomic E-state index is 11.4. The Labute approximate surface area is 126 Å². The van der Waals surface area contributed by atoms with E-state index in [0.717, 1.165) is 5.56 Å². The van der Waals surface area contributed by atoms with Crippen molar-refractivity contribution in [3.05, 3.63) is 59.9 Å². The third-order valence-corrected chi connectivity index (χ3v) is 3.27. The molecule has 1 heterocycles. The largest absolute Gasteiger partial charge is 0.497 e. The van der Waals surface area contributed by atoms with Crippen LogP contribution in [0.5, 0.6) is 11.5 Å². The zero-order chi connectivity index (χ0) is 15.5. The van der Waals surface area contributed by atoms with Gasteiger partial charge in [-0.2, -0.15) is 0 Å². The minimum absolute atomic E-state index is 0.209. The molecule has 0 aliphatic carbocycles. The highest BCUT2D eigenvalue weighted by atomic mass is 16.5. The van der Waals surface area contributed by atoms with E-state index in [1.807, 2.05) is 30.3 Å². The Bertz CT molecular complexity index is 805. The summed E-state index contributed by atoms with van der Waals surface area (Å²) in [6.45, 7) is 0.266. The fourth-order valence-corrected chi connectivity index (χ4v) is 2.19. The number of carboxylic acid groups (broad SMARTS) is 1. The summed E-state index contributed by atoms with van der Waals surface area (Å²) >= 11 is 0. The molecule has 0 saturated heterocycles. The molecule has 0 unspecified atom stereocenters. The van der Waals surface area contributed by atoms with Crippen LogP contribution in [0.4, 0.5) is 0 Å². The van der Waals surface area contributed by atoms with Gasteiger partial charge in [0.2, 0.25) is 0 Å². The Morgan fingerprint density at radius 3 is 2.64 bits per heavy atom. The maximum Gasteiger partial charge on any atom is 0.375 e. The van der Waals surface area contributed by atoms with Gasteiger partial charge in [-0.1, -0.05) is 30.3 Å². The van der Waals surface area contributed by atoms with Gasteiger partial charge in [0.25, 0.3) is 5.76 Å². The Hall–Kier alpha value is -2.95. The first-order valence-corrected chi connectivity index (χ1v) is 6.69. The van der Waals surface area contributed by atoms with Crippen LogP contribution in [0.1, 0.15) is 16.1 Å². The van der Waals surface area contributed by atoms with Gasteiger partial charge in [0.05, 0.1) is 12.5 Å². The molecule has 0 amide bonds. The fraction of sp³-hybridized carbons (Fsp3) is 0.118. The number of aromatic carboxylic acids is 1. The molecular formula is C17H14O5. The molecule has 2 aromatic carbocycles. The van der Waals surface area contributed by atoms with Crippen LogP contribution in [0.15, 0.2) is 52.9 Å². The Kier molecular flexibility index (Phi) is 3.70. The lowest BCUT2D eigenvalue weighted by atomic mass is 10.2. The predicted molar refractivity (Wildman–Crippen MR) is 80.5 cm³/mol. The smallest absolute Gasteiger partial charge is 0.375 e. The number of ether oxygens (including phenoxy) is 2. The van der Waals surface area contributed by atoms with Gasteiger partial charge in [-0.15, -0.1) is 0 Å². The van der Waals surface area contributed by atoms with Crippen molar-refractivity contribution in [2.24, 2.45) is 0 Å². The fourth-order valence-electron chi connectivity index (χ4n) is 2.19. The van der Waals surface area contributed by atoms with Crippen LogP contribution in [-0.4, -0.2) is 18.2 Å². The number of methoxy groups -OCH3 is 1. The lowest BCUT2D eigenvalue weighted by Gasteiger charge is -2.05. The van der Waals surface area contributed by atoms with E-state index in [9.17, 15) is 9.90 Å². The van der Waals surface area contributed by atoms with Crippen LogP contribution in [-0.2, 0) is 6.61 Å². The lowest BCUT2D eigenvalue weighted by Crippen LogP contribution is -2.01. The summed E-state index contributed by atoms with van der Waals surface area (Å²) in [4.78, 5) is 11.4. The van der Waals surface area contributed by atoms with Crippen molar-refractivity contribution in [1.82, 2.24) is 0 Å². The number of carboxylic acids is 1. The highest BCUT2D eigenvalue weighted by Crippen LogP contribution is 2.35. The van der Waals surface area contributed by atoms with E-state index in [4.69, 9.17) is 13.9 Å². The van der Waals surface area contributed by atoms with E-state index < -0.39 is 5.97 Å². The second kappa shape index (κ2) is 5.81. The normalized spacial score (nSPS) is 10.6. The van der Waals surface area contributed by atoms with Crippen LogP contribution in [0.25, 0.3) is 11.0 Å².